The van der Waals surface area contributed by atoms with Crippen molar-refractivity contribution in [3.8, 4) is 5.75 Å². The van der Waals surface area contributed by atoms with Gasteiger partial charge in [0.25, 0.3) is 0 Å². The second kappa shape index (κ2) is 7.59. The van der Waals surface area contributed by atoms with Gasteiger partial charge in [-0.3, -0.25) is 4.79 Å². The lowest BCUT2D eigenvalue weighted by atomic mass is 9.59. The normalized spacial score (nSPS) is 34.8. The molecule has 1 aromatic carbocycles. The number of ether oxygens (including phenoxy) is 2. The van der Waals surface area contributed by atoms with Crippen LogP contribution in [0.3, 0.4) is 0 Å². The summed E-state index contributed by atoms with van der Waals surface area (Å²) >= 11 is 0. The van der Waals surface area contributed by atoms with E-state index in [1.54, 1.807) is 0 Å². The van der Waals surface area contributed by atoms with E-state index in [2.05, 4.69) is 31.3 Å². The van der Waals surface area contributed by atoms with Gasteiger partial charge in [0.15, 0.2) is 0 Å². The van der Waals surface area contributed by atoms with Crippen molar-refractivity contribution < 1.29 is 19.4 Å². The molecule has 2 aliphatic carbocycles. The third kappa shape index (κ3) is 3.46. The number of amides is 1. The molecule has 5 heteroatoms. The van der Waals surface area contributed by atoms with Gasteiger partial charge in [0.2, 0.25) is 5.91 Å². The Kier molecular flexibility index (Phi) is 5.41. The smallest absolute Gasteiger partial charge is 0.222 e. The van der Waals surface area contributed by atoms with Crippen molar-refractivity contribution in [1.29, 1.82) is 0 Å². The Hall–Kier alpha value is -1.59. The number of carbonyl (C=O) groups excluding carboxylic acids is 1. The number of aliphatic hydroxyl groups is 1. The maximum Gasteiger partial charge on any atom is 0.222 e. The molecule has 3 fully saturated rings. The topological polar surface area (TPSA) is 67.8 Å². The van der Waals surface area contributed by atoms with E-state index in [0.717, 1.165) is 31.6 Å². The number of fused-ring (bicyclic) bond motifs is 1. The van der Waals surface area contributed by atoms with E-state index < -0.39 is 0 Å². The Morgan fingerprint density at radius 1 is 1.31 bits per heavy atom. The van der Waals surface area contributed by atoms with Gasteiger partial charge in [-0.1, -0.05) is 26.0 Å². The van der Waals surface area contributed by atoms with Crippen LogP contribution in [-0.2, 0) is 9.53 Å². The van der Waals surface area contributed by atoms with E-state index >= 15 is 0 Å². The van der Waals surface area contributed by atoms with Crippen LogP contribution in [0.15, 0.2) is 24.3 Å². The zero-order chi connectivity index (χ0) is 20.8. The molecule has 1 spiro atoms. The summed E-state index contributed by atoms with van der Waals surface area (Å²) in [5.41, 5.74) is 1.35. The Labute approximate surface area is 174 Å². The molecule has 5 nitrogen and oxygen atoms in total. The minimum Gasteiger partial charge on any atom is -0.491 e. The first-order valence-electron chi connectivity index (χ1n) is 11.1. The quantitative estimate of drug-likeness (QED) is 0.760. The summed E-state index contributed by atoms with van der Waals surface area (Å²) < 4.78 is 12.1. The van der Waals surface area contributed by atoms with Crippen molar-refractivity contribution in [2.45, 2.75) is 71.6 Å². The first-order valence-corrected chi connectivity index (χ1v) is 11.1. The van der Waals surface area contributed by atoms with Crippen LogP contribution in [0.5, 0.6) is 5.75 Å². The highest BCUT2D eigenvalue weighted by atomic mass is 16.5. The van der Waals surface area contributed by atoms with E-state index in [1.165, 1.54) is 5.56 Å². The average molecular weight is 402 g/mol. The van der Waals surface area contributed by atoms with Crippen LogP contribution in [0, 0.1) is 22.7 Å². The van der Waals surface area contributed by atoms with Crippen molar-refractivity contribution >= 4 is 5.91 Å². The fourth-order valence-corrected chi connectivity index (χ4v) is 6.46. The number of hydrogen-bond donors (Lipinski definition) is 2. The molecule has 1 saturated heterocycles. The van der Waals surface area contributed by atoms with Crippen molar-refractivity contribution in [3.63, 3.8) is 0 Å². The Morgan fingerprint density at radius 3 is 2.69 bits per heavy atom. The maximum absolute atomic E-state index is 12.4. The number of aliphatic hydroxyl groups excluding tert-OH is 1. The zero-order valence-electron chi connectivity index (χ0n) is 18.1. The molecule has 3 aliphatic rings. The Morgan fingerprint density at radius 2 is 2.03 bits per heavy atom. The van der Waals surface area contributed by atoms with Gasteiger partial charge in [0.1, 0.15) is 5.75 Å². The lowest BCUT2D eigenvalue weighted by Crippen LogP contribution is -2.59. The molecule has 1 amide bonds. The summed E-state index contributed by atoms with van der Waals surface area (Å²) in [6, 6.07) is 8.48. The molecule has 1 unspecified atom stereocenters. The van der Waals surface area contributed by atoms with Crippen LogP contribution < -0.4 is 10.1 Å². The summed E-state index contributed by atoms with van der Waals surface area (Å²) in [5.74, 6) is 1.84. The van der Waals surface area contributed by atoms with Gasteiger partial charge in [-0.2, -0.15) is 0 Å². The summed E-state index contributed by atoms with van der Waals surface area (Å²) in [5, 5.41) is 12.5. The summed E-state index contributed by atoms with van der Waals surface area (Å²) in [4.78, 5) is 12.4. The van der Waals surface area contributed by atoms with E-state index in [1.807, 2.05) is 26.0 Å². The highest BCUT2D eigenvalue weighted by Crippen LogP contribution is 2.70. The molecular formula is C24H35NO4. The fraction of sp³-hybridized carbons (Fsp3) is 0.708. The molecule has 5 atom stereocenters. The van der Waals surface area contributed by atoms with Gasteiger partial charge in [0.05, 0.1) is 18.8 Å². The Bertz CT molecular complexity index is 744. The molecule has 2 saturated carbocycles. The summed E-state index contributed by atoms with van der Waals surface area (Å²) in [7, 11) is 0. The second-order valence-corrected chi connectivity index (χ2v) is 10.0. The molecule has 1 aliphatic heterocycles. The van der Waals surface area contributed by atoms with Crippen molar-refractivity contribution in [1.82, 2.24) is 5.32 Å². The SMILES string of the molecule is CC(C)Oc1ccc([C@H]2OCCC34C[C@@H](C[C@H]23)C(C)(C)[C@@H]4NC(=O)CCO)cc1. The van der Waals surface area contributed by atoms with Crippen LogP contribution in [-0.4, -0.2) is 36.4 Å². The molecule has 160 valence electrons. The molecule has 29 heavy (non-hydrogen) atoms. The summed E-state index contributed by atoms with van der Waals surface area (Å²) in [6.07, 6.45) is 3.70. The van der Waals surface area contributed by atoms with Gasteiger partial charge < -0.3 is 19.9 Å². The van der Waals surface area contributed by atoms with Crippen LogP contribution >= 0.6 is 0 Å². The van der Waals surface area contributed by atoms with Crippen LogP contribution in [0.4, 0.5) is 0 Å². The van der Waals surface area contributed by atoms with Gasteiger partial charge in [-0.05, 0) is 73.5 Å². The second-order valence-electron chi connectivity index (χ2n) is 10.0. The van der Waals surface area contributed by atoms with Crippen molar-refractivity contribution in [2.24, 2.45) is 22.7 Å². The lowest BCUT2D eigenvalue weighted by Gasteiger charge is -2.53. The molecule has 1 aromatic rings. The van der Waals surface area contributed by atoms with Crippen LogP contribution in [0.2, 0.25) is 0 Å². The molecule has 2 N–H and O–H groups in total. The first-order chi connectivity index (χ1) is 13.8. The van der Waals surface area contributed by atoms with Crippen molar-refractivity contribution in [2.75, 3.05) is 13.2 Å². The average Bonchev–Trinajstić information content (AvgIpc) is 3.15. The Balaban J connectivity index is 1.59. The molecule has 4 rings (SSSR count). The predicted molar refractivity (Wildman–Crippen MR) is 112 cm³/mol. The van der Waals surface area contributed by atoms with E-state index in [0.29, 0.717) is 11.8 Å². The molecule has 1 heterocycles. The number of benzene rings is 1. The van der Waals surface area contributed by atoms with Crippen LogP contribution in [0.25, 0.3) is 0 Å². The fourth-order valence-electron chi connectivity index (χ4n) is 6.46. The first kappa shape index (κ1) is 20.7. The van der Waals surface area contributed by atoms with Crippen molar-refractivity contribution in [3.05, 3.63) is 29.8 Å². The van der Waals surface area contributed by atoms with E-state index in [9.17, 15) is 9.90 Å². The molecule has 0 aromatic heterocycles. The largest absolute Gasteiger partial charge is 0.491 e. The minimum absolute atomic E-state index is 0.0375. The summed E-state index contributed by atoms with van der Waals surface area (Å²) in [6.45, 7) is 9.29. The number of nitrogens with one attached hydrogen (secondary N) is 1. The molecule has 0 radical (unpaired) electrons. The van der Waals surface area contributed by atoms with Gasteiger partial charge in [-0.15, -0.1) is 0 Å². The predicted octanol–water partition coefficient (Wildman–Crippen LogP) is 3.85. The highest BCUT2D eigenvalue weighted by Gasteiger charge is 2.68. The zero-order valence-corrected chi connectivity index (χ0v) is 18.1. The lowest BCUT2D eigenvalue weighted by molar-refractivity contribution is -0.137. The molecule has 2 bridgehead atoms. The number of carbonyl (C=O) groups is 1. The number of rotatable bonds is 6. The molecular weight excluding hydrogens is 366 g/mol. The monoisotopic (exact) mass is 401 g/mol. The maximum atomic E-state index is 12.4. The standard InChI is InChI=1S/C24H35NO4/c1-15(2)29-18-7-5-16(6-8-18)21-19-13-17-14-24(19,10-12-28-21)22(23(17,3)4)25-20(27)9-11-26/h5-8,15,17,19,21-22,26H,9-14H2,1-4H3,(H,25,27)/t17-,19-,21-,22+,24?/m1/s1. The number of hydrogen-bond acceptors (Lipinski definition) is 4. The van der Waals surface area contributed by atoms with Gasteiger partial charge in [-0.25, -0.2) is 0 Å². The minimum atomic E-state index is -0.102. The van der Waals surface area contributed by atoms with E-state index in [4.69, 9.17) is 9.47 Å². The van der Waals surface area contributed by atoms with Crippen LogP contribution in [0.1, 0.15) is 65.0 Å². The third-order valence-electron chi connectivity index (χ3n) is 7.73. The van der Waals surface area contributed by atoms with Gasteiger partial charge in [0, 0.05) is 19.1 Å². The third-order valence-corrected chi connectivity index (χ3v) is 7.73. The van der Waals surface area contributed by atoms with E-state index in [-0.39, 0.29) is 48.0 Å². The highest BCUT2D eigenvalue weighted by molar-refractivity contribution is 5.76. The van der Waals surface area contributed by atoms with Gasteiger partial charge >= 0.3 is 0 Å².